The maximum Gasteiger partial charge on any atom is 0.314 e. The van der Waals surface area contributed by atoms with E-state index in [1.165, 1.54) is 7.11 Å². The van der Waals surface area contributed by atoms with E-state index in [0.29, 0.717) is 6.42 Å². The Balaban J connectivity index is 4.08. The molecule has 5 heteroatoms. The molecule has 0 aliphatic carbocycles. The second-order valence-corrected chi connectivity index (χ2v) is 2.03. The molecule has 0 fully saturated rings. The van der Waals surface area contributed by atoms with Crippen LogP contribution in [-0.2, 0) is 9.53 Å². The maximum absolute atomic E-state index is 10.8. The Morgan fingerprint density at radius 3 is 2.82 bits per heavy atom. The van der Waals surface area contributed by atoms with Crippen molar-refractivity contribution in [2.45, 2.75) is 25.8 Å². The minimum Gasteiger partial charge on any atom is -0.469 e. The van der Waals surface area contributed by atoms with Gasteiger partial charge in [-0.1, -0.05) is 18.5 Å². The van der Waals surface area contributed by atoms with Crippen LogP contribution in [0.1, 0.15) is 19.8 Å². The molecule has 0 spiro atoms. The van der Waals surface area contributed by atoms with Crippen molar-refractivity contribution in [3.8, 4) is 0 Å². The van der Waals surface area contributed by atoms with Crippen molar-refractivity contribution in [1.29, 1.82) is 0 Å². The first-order chi connectivity index (χ1) is 5.26. The van der Waals surface area contributed by atoms with Crippen LogP contribution in [0.3, 0.4) is 0 Å². The molecule has 62 valence electrons. The maximum atomic E-state index is 10.8. The van der Waals surface area contributed by atoms with Crippen LogP contribution in [0.5, 0.6) is 0 Å². The summed E-state index contributed by atoms with van der Waals surface area (Å²) in [5, 5.41) is 3.29. The second kappa shape index (κ2) is 5.56. The molecule has 0 rings (SSSR count). The number of carbonyl (C=O) groups excluding carboxylic acids is 1. The summed E-state index contributed by atoms with van der Waals surface area (Å²) in [5.41, 5.74) is 8.06. The summed E-state index contributed by atoms with van der Waals surface area (Å²) in [6.45, 7) is 1.91. The molecule has 0 heterocycles. The van der Waals surface area contributed by atoms with E-state index < -0.39 is 12.0 Å². The van der Waals surface area contributed by atoms with Crippen molar-refractivity contribution in [2.24, 2.45) is 5.11 Å². The van der Waals surface area contributed by atoms with Gasteiger partial charge in [-0.3, -0.25) is 4.79 Å². The molecule has 0 aliphatic rings. The van der Waals surface area contributed by atoms with E-state index in [1.807, 2.05) is 6.92 Å². The van der Waals surface area contributed by atoms with Crippen LogP contribution in [0.15, 0.2) is 5.11 Å². The summed E-state index contributed by atoms with van der Waals surface area (Å²) >= 11 is 0. The Kier molecular flexibility index (Phi) is 4.94. The van der Waals surface area contributed by atoms with Crippen LogP contribution in [0, 0.1) is 0 Å². The molecule has 0 radical (unpaired) electrons. The van der Waals surface area contributed by atoms with Crippen LogP contribution in [0.4, 0.5) is 0 Å². The summed E-state index contributed by atoms with van der Waals surface area (Å²) in [6, 6.07) is -0.657. The van der Waals surface area contributed by atoms with Crippen LogP contribution < -0.4 is 0 Å². The van der Waals surface area contributed by atoms with E-state index >= 15 is 0 Å². The number of azide groups is 1. The number of nitrogens with zero attached hydrogens (tertiary/aromatic N) is 3. The standard InChI is InChI=1S/C6H11N3O2/c1-3-4-5(8-9-7)6(10)11-2/h5H,3-4H2,1-2H3/t5-/m1/s1. The zero-order chi connectivity index (χ0) is 8.69. The lowest BCUT2D eigenvalue weighted by atomic mass is 10.2. The van der Waals surface area contributed by atoms with E-state index in [9.17, 15) is 4.79 Å². The molecular formula is C6H11N3O2. The fraction of sp³-hybridized carbons (Fsp3) is 0.833. The predicted molar refractivity (Wildman–Crippen MR) is 39.9 cm³/mol. The molecule has 0 saturated carbocycles. The highest BCUT2D eigenvalue weighted by atomic mass is 16.5. The third kappa shape index (κ3) is 3.47. The smallest absolute Gasteiger partial charge is 0.314 e. The summed E-state index contributed by atoms with van der Waals surface area (Å²) in [6.07, 6.45) is 1.33. The van der Waals surface area contributed by atoms with Crippen molar-refractivity contribution in [2.75, 3.05) is 7.11 Å². The van der Waals surface area contributed by atoms with Crippen molar-refractivity contribution in [1.82, 2.24) is 0 Å². The van der Waals surface area contributed by atoms with Gasteiger partial charge in [-0.2, -0.15) is 0 Å². The summed E-state index contributed by atoms with van der Waals surface area (Å²) < 4.78 is 4.41. The molecule has 0 saturated heterocycles. The molecule has 5 nitrogen and oxygen atoms in total. The van der Waals surface area contributed by atoms with Gasteiger partial charge in [0.15, 0.2) is 0 Å². The molecule has 1 atom stereocenters. The van der Waals surface area contributed by atoms with Crippen LogP contribution >= 0.6 is 0 Å². The topological polar surface area (TPSA) is 75.1 Å². The number of methoxy groups -OCH3 is 1. The lowest BCUT2D eigenvalue weighted by Gasteiger charge is -2.05. The van der Waals surface area contributed by atoms with Gasteiger partial charge in [0.1, 0.15) is 6.04 Å². The van der Waals surface area contributed by atoms with Gasteiger partial charge >= 0.3 is 5.97 Å². The summed E-state index contributed by atoms with van der Waals surface area (Å²) in [7, 11) is 1.28. The third-order valence-corrected chi connectivity index (χ3v) is 1.23. The second-order valence-electron chi connectivity index (χ2n) is 2.03. The van der Waals surface area contributed by atoms with Gasteiger partial charge in [-0.15, -0.1) is 0 Å². The number of esters is 1. The Labute approximate surface area is 65.0 Å². The zero-order valence-electron chi connectivity index (χ0n) is 6.65. The first kappa shape index (κ1) is 9.78. The molecule has 11 heavy (non-hydrogen) atoms. The zero-order valence-corrected chi connectivity index (χ0v) is 6.65. The highest BCUT2D eigenvalue weighted by Gasteiger charge is 2.15. The van der Waals surface area contributed by atoms with Crippen molar-refractivity contribution < 1.29 is 9.53 Å². The fourth-order valence-corrected chi connectivity index (χ4v) is 0.695. The van der Waals surface area contributed by atoms with Gasteiger partial charge < -0.3 is 4.74 Å². The molecule has 0 unspecified atom stereocenters. The molecule has 0 aromatic rings. The Bertz CT molecular complexity index is 175. The molecule has 0 aliphatic heterocycles. The predicted octanol–water partition coefficient (Wildman–Crippen LogP) is 1.64. The van der Waals surface area contributed by atoms with Gasteiger partial charge in [0, 0.05) is 4.91 Å². The van der Waals surface area contributed by atoms with E-state index in [1.54, 1.807) is 0 Å². The SMILES string of the molecule is CCC[C@@H](N=[N+]=[N-])C(=O)OC. The molecule has 0 amide bonds. The largest absolute Gasteiger partial charge is 0.469 e. The van der Waals surface area contributed by atoms with E-state index in [4.69, 9.17) is 5.53 Å². The van der Waals surface area contributed by atoms with E-state index in [0.717, 1.165) is 6.42 Å². The number of rotatable bonds is 4. The number of ether oxygens (including phenoxy) is 1. The van der Waals surface area contributed by atoms with Gasteiger partial charge in [0.05, 0.1) is 7.11 Å². The van der Waals surface area contributed by atoms with E-state index in [-0.39, 0.29) is 0 Å². The van der Waals surface area contributed by atoms with Crippen molar-refractivity contribution in [3.05, 3.63) is 10.4 Å². The fourth-order valence-electron chi connectivity index (χ4n) is 0.695. The number of carbonyl (C=O) groups is 1. The normalized spacial score (nSPS) is 11.5. The first-order valence-electron chi connectivity index (χ1n) is 3.38. The lowest BCUT2D eigenvalue weighted by molar-refractivity contribution is -0.142. The quantitative estimate of drug-likeness (QED) is 0.269. The van der Waals surface area contributed by atoms with Crippen molar-refractivity contribution in [3.63, 3.8) is 0 Å². The van der Waals surface area contributed by atoms with Gasteiger partial charge in [-0.05, 0) is 12.0 Å². The van der Waals surface area contributed by atoms with Crippen LogP contribution in [-0.4, -0.2) is 19.1 Å². The molecular weight excluding hydrogens is 146 g/mol. The van der Waals surface area contributed by atoms with Crippen LogP contribution in [0.25, 0.3) is 10.4 Å². The highest BCUT2D eigenvalue weighted by molar-refractivity contribution is 5.75. The third-order valence-electron chi connectivity index (χ3n) is 1.23. The molecule has 0 aromatic heterocycles. The summed E-state index contributed by atoms with van der Waals surface area (Å²) in [4.78, 5) is 13.4. The Hall–Kier alpha value is -1.22. The average molecular weight is 157 g/mol. The number of hydrogen-bond donors (Lipinski definition) is 0. The van der Waals surface area contributed by atoms with Gasteiger partial charge in [-0.25, -0.2) is 0 Å². The minimum atomic E-state index is -0.657. The Morgan fingerprint density at radius 1 is 1.82 bits per heavy atom. The van der Waals surface area contributed by atoms with Gasteiger partial charge in [0.2, 0.25) is 0 Å². The first-order valence-corrected chi connectivity index (χ1v) is 3.38. The summed E-state index contributed by atoms with van der Waals surface area (Å²) in [5.74, 6) is -0.468. The van der Waals surface area contributed by atoms with Crippen LogP contribution in [0.2, 0.25) is 0 Å². The molecule has 0 bridgehead atoms. The average Bonchev–Trinajstić information content (AvgIpc) is 2.03. The molecule has 0 N–H and O–H groups in total. The minimum absolute atomic E-state index is 0.468. The van der Waals surface area contributed by atoms with Gasteiger partial charge in [0.25, 0.3) is 0 Å². The highest BCUT2D eigenvalue weighted by Crippen LogP contribution is 2.03. The van der Waals surface area contributed by atoms with Crippen molar-refractivity contribution >= 4 is 5.97 Å². The lowest BCUT2D eigenvalue weighted by Crippen LogP contribution is -2.18. The monoisotopic (exact) mass is 157 g/mol. The van der Waals surface area contributed by atoms with E-state index in [2.05, 4.69) is 14.8 Å². The molecule has 0 aromatic carbocycles. The Morgan fingerprint density at radius 2 is 2.45 bits per heavy atom. The number of hydrogen-bond acceptors (Lipinski definition) is 3.